The van der Waals surface area contributed by atoms with E-state index in [0.717, 1.165) is 29.9 Å². The SMILES string of the molecule is CCN(C(=O)CN1C(=O)NC(C)(C2CC2)C1=O)c1ccc(F)c(F)c1. The molecule has 3 rings (SSSR count). The van der Waals surface area contributed by atoms with Gasteiger partial charge in [-0.15, -0.1) is 0 Å². The molecule has 1 aliphatic heterocycles. The molecule has 25 heavy (non-hydrogen) atoms. The van der Waals surface area contributed by atoms with Crippen LogP contribution in [0, 0.1) is 17.6 Å². The van der Waals surface area contributed by atoms with E-state index in [1.807, 2.05) is 0 Å². The quantitative estimate of drug-likeness (QED) is 0.826. The Morgan fingerprint density at radius 1 is 1.32 bits per heavy atom. The number of hydrogen-bond acceptors (Lipinski definition) is 3. The third-order valence-corrected chi connectivity index (χ3v) is 4.82. The second-order valence-corrected chi connectivity index (χ2v) is 6.53. The van der Waals surface area contributed by atoms with Crippen molar-refractivity contribution >= 4 is 23.5 Å². The van der Waals surface area contributed by atoms with Crippen LogP contribution in [-0.4, -0.2) is 41.4 Å². The van der Waals surface area contributed by atoms with E-state index in [1.165, 1.54) is 11.0 Å². The zero-order valence-electron chi connectivity index (χ0n) is 14.0. The van der Waals surface area contributed by atoms with Gasteiger partial charge in [0, 0.05) is 18.3 Å². The van der Waals surface area contributed by atoms with Gasteiger partial charge in [-0.25, -0.2) is 13.6 Å². The van der Waals surface area contributed by atoms with E-state index in [9.17, 15) is 23.2 Å². The van der Waals surface area contributed by atoms with E-state index >= 15 is 0 Å². The van der Waals surface area contributed by atoms with Gasteiger partial charge >= 0.3 is 6.03 Å². The van der Waals surface area contributed by atoms with E-state index in [2.05, 4.69) is 5.32 Å². The van der Waals surface area contributed by atoms with Crippen molar-refractivity contribution in [2.24, 2.45) is 5.92 Å². The molecule has 1 unspecified atom stereocenters. The van der Waals surface area contributed by atoms with Gasteiger partial charge in [-0.1, -0.05) is 0 Å². The topological polar surface area (TPSA) is 69.7 Å². The number of carbonyl (C=O) groups excluding carboxylic acids is 3. The molecule has 1 saturated carbocycles. The van der Waals surface area contributed by atoms with Crippen LogP contribution in [0.5, 0.6) is 0 Å². The molecule has 2 fully saturated rings. The van der Waals surface area contributed by atoms with Crippen LogP contribution in [0.3, 0.4) is 0 Å². The molecule has 1 atom stereocenters. The monoisotopic (exact) mass is 351 g/mol. The number of likely N-dealkylation sites (N-methyl/N-ethyl adjacent to an activating group) is 1. The Kier molecular flexibility index (Phi) is 4.22. The number of carbonyl (C=O) groups is 3. The van der Waals surface area contributed by atoms with Crippen molar-refractivity contribution in [1.29, 1.82) is 0 Å². The molecular weight excluding hydrogens is 332 g/mol. The van der Waals surface area contributed by atoms with Crippen LogP contribution in [0.25, 0.3) is 0 Å². The minimum Gasteiger partial charge on any atom is -0.323 e. The van der Waals surface area contributed by atoms with E-state index < -0.39 is 41.6 Å². The largest absolute Gasteiger partial charge is 0.325 e. The summed E-state index contributed by atoms with van der Waals surface area (Å²) in [6.45, 7) is 3.08. The van der Waals surface area contributed by atoms with Gasteiger partial charge in [0.2, 0.25) is 5.91 Å². The molecule has 8 heteroatoms. The second kappa shape index (κ2) is 6.09. The molecule has 0 bridgehead atoms. The van der Waals surface area contributed by atoms with Crippen molar-refractivity contribution < 1.29 is 23.2 Å². The zero-order valence-corrected chi connectivity index (χ0v) is 14.0. The fourth-order valence-corrected chi connectivity index (χ4v) is 3.17. The maximum Gasteiger partial charge on any atom is 0.325 e. The summed E-state index contributed by atoms with van der Waals surface area (Å²) in [6, 6.07) is 2.52. The predicted octanol–water partition coefficient (Wildman–Crippen LogP) is 2.04. The normalized spacial score (nSPS) is 23.0. The van der Waals surface area contributed by atoms with Crippen LogP contribution in [0.2, 0.25) is 0 Å². The first-order valence-corrected chi connectivity index (χ1v) is 8.17. The number of benzene rings is 1. The van der Waals surface area contributed by atoms with Crippen LogP contribution < -0.4 is 10.2 Å². The lowest BCUT2D eigenvalue weighted by atomic mass is 9.96. The number of rotatable bonds is 5. The summed E-state index contributed by atoms with van der Waals surface area (Å²) >= 11 is 0. The number of halogens is 2. The van der Waals surface area contributed by atoms with Gasteiger partial charge in [0.25, 0.3) is 5.91 Å². The van der Waals surface area contributed by atoms with Crippen molar-refractivity contribution in [2.45, 2.75) is 32.2 Å². The highest BCUT2D eigenvalue weighted by atomic mass is 19.2. The van der Waals surface area contributed by atoms with E-state index in [4.69, 9.17) is 0 Å². The third-order valence-electron chi connectivity index (χ3n) is 4.82. The Labute approximate surface area is 143 Å². The first-order valence-electron chi connectivity index (χ1n) is 8.17. The molecular formula is C17H19F2N3O3. The number of urea groups is 1. The van der Waals surface area contributed by atoms with Gasteiger partial charge < -0.3 is 10.2 Å². The summed E-state index contributed by atoms with van der Waals surface area (Å²) < 4.78 is 26.5. The molecule has 2 aliphatic rings. The molecule has 0 radical (unpaired) electrons. The molecule has 6 nitrogen and oxygen atoms in total. The number of imide groups is 1. The maximum atomic E-state index is 13.4. The van der Waals surface area contributed by atoms with Crippen molar-refractivity contribution in [3.63, 3.8) is 0 Å². The lowest BCUT2D eigenvalue weighted by Gasteiger charge is -2.24. The highest BCUT2D eigenvalue weighted by molar-refractivity contribution is 6.10. The number of anilines is 1. The highest BCUT2D eigenvalue weighted by Crippen LogP contribution is 2.42. The molecule has 1 aromatic carbocycles. The van der Waals surface area contributed by atoms with Gasteiger partial charge in [0.1, 0.15) is 12.1 Å². The number of nitrogens with one attached hydrogen (secondary N) is 1. The minimum absolute atomic E-state index is 0.0949. The Morgan fingerprint density at radius 3 is 2.56 bits per heavy atom. The smallest absolute Gasteiger partial charge is 0.323 e. The van der Waals surface area contributed by atoms with E-state index in [-0.39, 0.29) is 18.2 Å². The Hall–Kier alpha value is -2.51. The molecule has 0 spiro atoms. The molecule has 1 aromatic rings. The van der Waals surface area contributed by atoms with Gasteiger partial charge in [-0.2, -0.15) is 0 Å². The predicted molar refractivity (Wildman–Crippen MR) is 85.8 cm³/mol. The maximum absolute atomic E-state index is 13.4. The molecule has 1 aliphatic carbocycles. The average Bonchev–Trinajstić information content (AvgIpc) is 3.38. The Morgan fingerprint density at radius 2 is 2.00 bits per heavy atom. The van der Waals surface area contributed by atoms with Crippen LogP contribution in [-0.2, 0) is 9.59 Å². The molecule has 1 N–H and O–H groups in total. The molecule has 1 heterocycles. The van der Waals surface area contributed by atoms with Crippen molar-refractivity contribution in [1.82, 2.24) is 10.2 Å². The zero-order chi connectivity index (χ0) is 18.4. The van der Waals surface area contributed by atoms with Crippen LogP contribution >= 0.6 is 0 Å². The lowest BCUT2D eigenvalue weighted by molar-refractivity contribution is -0.134. The average molecular weight is 351 g/mol. The Bertz CT molecular complexity index is 751. The molecule has 0 aromatic heterocycles. The second-order valence-electron chi connectivity index (χ2n) is 6.53. The standard InChI is InChI=1S/C17H19F2N3O3/c1-3-21(11-6-7-12(18)13(19)8-11)14(23)9-22-15(24)17(2,10-4-5-10)20-16(22)25/h6-8,10H,3-5,9H2,1-2H3,(H,20,25). The molecule has 4 amide bonds. The first kappa shape index (κ1) is 17.3. The molecule has 1 saturated heterocycles. The summed E-state index contributed by atoms with van der Waals surface area (Å²) in [4.78, 5) is 39.3. The van der Waals surface area contributed by atoms with Gasteiger partial charge in [-0.3, -0.25) is 14.5 Å². The number of amides is 4. The summed E-state index contributed by atoms with van der Waals surface area (Å²) in [5.41, 5.74) is -0.792. The van der Waals surface area contributed by atoms with Gasteiger partial charge in [-0.05, 0) is 44.7 Å². The van der Waals surface area contributed by atoms with Crippen LogP contribution in [0.4, 0.5) is 19.3 Å². The van der Waals surface area contributed by atoms with Crippen molar-refractivity contribution in [3.05, 3.63) is 29.8 Å². The summed E-state index contributed by atoms with van der Waals surface area (Å²) in [7, 11) is 0. The van der Waals surface area contributed by atoms with Crippen molar-refractivity contribution in [3.8, 4) is 0 Å². The fourth-order valence-electron chi connectivity index (χ4n) is 3.17. The van der Waals surface area contributed by atoms with Crippen LogP contribution in [0.15, 0.2) is 18.2 Å². The Balaban J connectivity index is 1.77. The third kappa shape index (κ3) is 2.96. The van der Waals surface area contributed by atoms with Crippen LogP contribution in [0.1, 0.15) is 26.7 Å². The van der Waals surface area contributed by atoms with Gasteiger partial charge in [0.15, 0.2) is 11.6 Å². The summed E-state index contributed by atoms with van der Waals surface area (Å²) in [5, 5.41) is 2.67. The lowest BCUT2D eigenvalue weighted by Crippen LogP contribution is -2.47. The number of nitrogens with zero attached hydrogens (tertiary/aromatic N) is 2. The highest BCUT2D eigenvalue weighted by Gasteiger charge is 2.56. The summed E-state index contributed by atoms with van der Waals surface area (Å²) in [6.07, 6.45) is 1.72. The fraction of sp³-hybridized carbons (Fsp3) is 0.471. The van der Waals surface area contributed by atoms with Crippen molar-refractivity contribution in [2.75, 3.05) is 18.0 Å². The van der Waals surface area contributed by atoms with Gasteiger partial charge in [0.05, 0.1) is 0 Å². The van der Waals surface area contributed by atoms with E-state index in [0.29, 0.717) is 0 Å². The summed E-state index contributed by atoms with van der Waals surface area (Å²) in [5.74, 6) is -2.95. The first-order chi connectivity index (χ1) is 11.8. The number of hydrogen-bond donors (Lipinski definition) is 1. The minimum atomic E-state index is -1.07. The van der Waals surface area contributed by atoms with E-state index in [1.54, 1.807) is 13.8 Å². The molecule has 134 valence electrons.